The summed E-state index contributed by atoms with van der Waals surface area (Å²) in [6.07, 6.45) is 5.18. The lowest BCUT2D eigenvalue weighted by Gasteiger charge is -2.34. The van der Waals surface area contributed by atoms with E-state index >= 15 is 0 Å². The molecule has 4 rings (SSSR count). The predicted molar refractivity (Wildman–Crippen MR) is 91.9 cm³/mol. The van der Waals surface area contributed by atoms with Gasteiger partial charge in [-0.1, -0.05) is 18.2 Å². The van der Waals surface area contributed by atoms with Crippen molar-refractivity contribution in [3.05, 3.63) is 60.6 Å². The molecule has 1 aliphatic rings. The summed E-state index contributed by atoms with van der Waals surface area (Å²) in [6, 6.07) is 11.4. The minimum Gasteiger partial charge on any atom is -0.337 e. The molecule has 1 saturated heterocycles. The Morgan fingerprint density at radius 1 is 0.833 bits per heavy atom. The van der Waals surface area contributed by atoms with Gasteiger partial charge < -0.3 is 9.80 Å². The number of hydrogen-bond donors (Lipinski definition) is 0. The van der Waals surface area contributed by atoms with E-state index in [0.29, 0.717) is 18.7 Å². The van der Waals surface area contributed by atoms with E-state index in [4.69, 9.17) is 0 Å². The van der Waals surface area contributed by atoms with Crippen LogP contribution in [0.3, 0.4) is 0 Å². The maximum absolute atomic E-state index is 12.9. The van der Waals surface area contributed by atoms with Crippen LogP contribution in [0.5, 0.6) is 0 Å². The molecule has 24 heavy (non-hydrogen) atoms. The van der Waals surface area contributed by atoms with Crippen molar-refractivity contribution in [3.63, 3.8) is 0 Å². The standard InChI is InChI=1S/C18H17N5O/c24-17(15-6-9-19-16-5-2-1-4-14(15)16)22-10-12-23(13-11-22)18-20-7-3-8-21-18/h1-9H,10-13H2. The van der Waals surface area contributed by atoms with E-state index in [9.17, 15) is 4.79 Å². The van der Waals surface area contributed by atoms with E-state index in [1.807, 2.05) is 29.2 Å². The first kappa shape index (κ1) is 14.6. The van der Waals surface area contributed by atoms with E-state index in [2.05, 4.69) is 19.9 Å². The number of carbonyl (C=O) groups is 1. The molecule has 0 aliphatic carbocycles. The first-order valence-corrected chi connectivity index (χ1v) is 7.98. The number of benzene rings is 1. The fourth-order valence-corrected chi connectivity index (χ4v) is 3.02. The Morgan fingerprint density at radius 3 is 2.38 bits per heavy atom. The molecule has 1 aliphatic heterocycles. The molecular formula is C18H17N5O. The number of para-hydroxylation sites is 1. The van der Waals surface area contributed by atoms with Crippen molar-refractivity contribution in [2.75, 3.05) is 31.1 Å². The van der Waals surface area contributed by atoms with Crippen molar-refractivity contribution >= 4 is 22.8 Å². The number of piperazine rings is 1. The number of nitrogens with zero attached hydrogens (tertiary/aromatic N) is 5. The van der Waals surface area contributed by atoms with E-state index in [1.54, 1.807) is 30.7 Å². The number of pyridine rings is 1. The number of fused-ring (bicyclic) bond motifs is 1. The monoisotopic (exact) mass is 319 g/mol. The summed E-state index contributed by atoms with van der Waals surface area (Å²) in [5.74, 6) is 0.779. The summed E-state index contributed by atoms with van der Waals surface area (Å²) >= 11 is 0. The third-order valence-electron chi connectivity index (χ3n) is 4.28. The van der Waals surface area contributed by atoms with Gasteiger partial charge in [0.05, 0.1) is 11.1 Å². The van der Waals surface area contributed by atoms with Crippen LogP contribution in [0.15, 0.2) is 55.0 Å². The summed E-state index contributed by atoms with van der Waals surface area (Å²) in [7, 11) is 0. The summed E-state index contributed by atoms with van der Waals surface area (Å²) in [6.45, 7) is 2.79. The molecule has 0 atom stereocenters. The minimum absolute atomic E-state index is 0.0576. The van der Waals surface area contributed by atoms with Crippen molar-refractivity contribution in [2.24, 2.45) is 0 Å². The molecule has 0 N–H and O–H groups in total. The summed E-state index contributed by atoms with van der Waals surface area (Å²) in [4.78, 5) is 29.8. The normalized spacial score (nSPS) is 14.8. The smallest absolute Gasteiger partial charge is 0.254 e. The lowest BCUT2D eigenvalue weighted by atomic mass is 10.1. The Morgan fingerprint density at radius 2 is 1.58 bits per heavy atom. The van der Waals surface area contributed by atoms with Crippen LogP contribution in [-0.2, 0) is 0 Å². The third-order valence-corrected chi connectivity index (χ3v) is 4.28. The molecule has 1 amide bonds. The van der Waals surface area contributed by atoms with Gasteiger partial charge in [-0.2, -0.15) is 0 Å². The Bertz CT molecular complexity index is 854. The molecule has 120 valence electrons. The van der Waals surface area contributed by atoms with Gasteiger partial charge in [0.1, 0.15) is 0 Å². The highest BCUT2D eigenvalue weighted by atomic mass is 16.2. The minimum atomic E-state index is 0.0576. The van der Waals surface area contributed by atoms with Crippen LogP contribution in [-0.4, -0.2) is 51.9 Å². The van der Waals surface area contributed by atoms with Gasteiger partial charge >= 0.3 is 0 Å². The highest BCUT2D eigenvalue weighted by molar-refractivity contribution is 6.06. The Labute approximate surface area is 139 Å². The molecule has 6 heteroatoms. The van der Waals surface area contributed by atoms with Crippen molar-refractivity contribution in [2.45, 2.75) is 0 Å². The predicted octanol–water partition coefficient (Wildman–Crippen LogP) is 1.99. The van der Waals surface area contributed by atoms with Crippen LogP contribution in [0.25, 0.3) is 10.9 Å². The van der Waals surface area contributed by atoms with Gasteiger partial charge in [-0.3, -0.25) is 9.78 Å². The molecular weight excluding hydrogens is 302 g/mol. The second kappa shape index (κ2) is 6.23. The Kier molecular flexibility index (Phi) is 3.78. The molecule has 0 saturated carbocycles. The lowest BCUT2D eigenvalue weighted by molar-refractivity contribution is 0.0748. The van der Waals surface area contributed by atoms with Crippen LogP contribution in [0.1, 0.15) is 10.4 Å². The quantitative estimate of drug-likeness (QED) is 0.723. The van der Waals surface area contributed by atoms with Gasteiger partial charge in [-0.05, 0) is 18.2 Å². The molecule has 2 aromatic heterocycles. The molecule has 0 bridgehead atoms. The third kappa shape index (κ3) is 2.67. The first-order valence-electron chi connectivity index (χ1n) is 7.98. The topological polar surface area (TPSA) is 62.2 Å². The average Bonchev–Trinajstić information content (AvgIpc) is 2.68. The molecule has 0 radical (unpaired) electrons. The van der Waals surface area contributed by atoms with Crippen molar-refractivity contribution in [3.8, 4) is 0 Å². The van der Waals surface area contributed by atoms with Gasteiger partial charge in [-0.25, -0.2) is 9.97 Å². The van der Waals surface area contributed by atoms with Gasteiger partial charge in [0.2, 0.25) is 5.95 Å². The second-order valence-corrected chi connectivity index (χ2v) is 5.70. The van der Waals surface area contributed by atoms with E-state index in [1.165, 1.54) is 0 Å². The molecule has 1 fully saturated rings. The molecule has 3 aromatic rings. The zero-order chi connectivity index (χ0) is 16.4. The zero-order valence-electron chi connectivity index (χ0n) is 13.2. The van der Waals surface area contributed by atoms with E-state index in [0.717, 1.165) is 29.9 Å². The van der Waals surface area contributed by atoms with Gasteiger partial charge in [-0.15, -0.1) is 0 Å². The summed E-state index contributed by atoms with van der Waals surface area (Å²) in [5, 5.41) is 0.902. The second-order valence-electron chi connectivity index (χ2n) is 5.70. The average molecular weight is 319 g/mol. The van der Waals surface area contributed by atoms with Crippen molar-refractivity contribution in [1.29, 1.82) is 0 Å². The van der Waals surface area contributed by atoms with Crippen molar-refractivity contribution < 1.29 is 4.79 Å². The maximum Gasteiger partial charge on any atom is 0.254 e. The lowest BCUT2D eigenvalue weighted by Crippen LogP contribution is -2.49. The van der Waals surface area contributed by atoms with Crippen LogP contribution >= 0.6 is 0 Å². The zero-order valence-corrected chi connectivity index (χ0v) is 13.2. The Balaban J connectivity index is 1.52. The SMILES string of the molecule is O=C(c1ccnc2ccccc12)N1CCN(c2ncccn2)CC1. The molecule has 6 nitrogen and oxygen atoms in total. The van der Waals surface area contributed by atoms with Crippen LogP contribution in [0, 0.1) is 0 Å². The number of aromatic nitrogens is 3. The number of carbonyl (C=O) groups excluding carboxylic acids is 1. The fraction of sp³-hybridized carbons (Fsp3) is 0.222. The highest BCUT2D eigenvalue weighted by Crippen LogP contribution is 2.19. The number of anilines is 1. The number of amides is 1. The van der Waals surface area contributed by atoms with Gasteiger partial charge in [0, 0.05) is 50.2 Å². The van der Waals surface area contributed by atoms with Crippen LogP contribution in [0.4, 0.5) is 5.95 Å². The van der Waals surface area contributed by atoms with Crippen LogP contribution in [0.2, 0.25) is 0 Å². The van der Waals surface area contributed by atoms with Crippen LogP contribution < -0.4 is 4.90 Å². The van der Waals surface area contributed by atoms with Crippen molar-refractivity contribution in [1.82, 2.24) is 19.9 Å². The summed E-state index contributed by atoms with van der Waals surface area (Å²) in [5.41, 5.74) is 1.56. The largest absolute Gasteiger partial charge is 0.337 e. The van der Waals surface area contributed by atoms with Gasteiger partial charge in [0.25, 0.3) is 5.91 Å². The molecule has 0 spiro atoms. The number of rotatable bonds is 2. The maximum atomic E-state index is 12.9. The Hall–Kier alpha value is -3.02. The summed E-state index contributed by atoms with van der Waals surface area (Å²) < 4.78 is 0. The molecule has 1 aromatic carbocycles. The fourth-order valence-electron chi connectivity index (χ4n) is 3.02. The molecule has 3 heterocycles. The van der Waals surface area contributed by atoms with Gasteiger partial charge in [0.15, 0.2) is 0 Å². The van der Waals surface area contributed by atoms with E-state index in [-0.39, 0.29) is 5.91 Å². The van der Waals surface area contributed by atoms with E-state index < -0.39 is 0 Å². The highest BCUT2D eigenvalue weighted by Gasteiger charge is 2.24. The number of hydrogen-bond acceptors (Lipinski definition) is 5. The molecule has 0 unspecified atom stereocenters. The first-order chi connectivity index (χ1) is 11.8.